The average Bonchev–Trinajstić information content (AvgIpc) is 2.89. The van der Waals surface area contributed by atoms with Gasteiger partial charge in [-0.15, -0.1) is 0 Å². The first-order chi connectivity index (χ1) is 18.0. The number of hydrogen-bond donors (Lipinski definition) is 2. The third-order valence-corrected chi connectivity index (χ3v) is 6.76. The van der Waals surface area contributed by atoms with Gasteiger partial charge in [-0.2, -0.15) is 0 Å². The van der Waals surface area contributed by atoms with Crippen LogP contribution in [0.2, 0.25) is 0 Å². The van der Waals surface area contributed by atoms with Crippen LogP contribution in [0.3, 0.4) is 0 Å². The molecule has 1 atom stereocenters. The average molecular weight is 519 g/mol. The van der Waals surface area contributed by atoms with Crippen LogP contribution in [0.15, 0.2) is 42.7 Å². The monoisotopic (exact) mass is 518 g/mol. The summed E-state index contributed by atoms with van der Waals surface area (Å²) in [5.41, 5.74) is 3.56. The van der Waals surface area contributed by atoms with Crippen LogP contribution in [-0.2, 0) is 11.2 Å². The number of esters is 1. The Morgan fingerprint density at radius 1 is 1.05 bits per heavy atom. The fraction of sp³-hybridized carbons (Fsp3) is 0.310. The van der Waals surface area contributed by atoms with Crippen molar-refractivity contribution in [1.82, 2.24) is 4.98 Å². The number of pyridine rings is 1. The molecule has 198 valence electrons. The Bertz CT molecular complexity index is 1420. The number of fused-ring (bicyclic) bond motifs is 1. The standard InChI is InChI=1S/C29H30N2O7/c1-16-17(2)26-22(18(3)25(16)37-19(4)32)10-12-29(5,38-26)15-36-21-8-6-20(7-9-21)31-27(33)23-11-13-30-14-24(23)28(34)35/h6-9,11,13-14H,10,12,15H2,1-5H3,(H,31,33)(H,34,35). The van der Waals surface area contributed by atoms with Crippen molar-refractivity contribution in [2.24, 2.45) is 0 Å². The number of carbonyl (C=O) groups is 3. The molecule has 1 aliphatic rings. The summed E-state index contributed by atoms with van der Waals surface area (Å²) in [5.74, 6) is -0.103. The van der Waals surface area contributed by atoms with E-state index in [9.17, 15) is 19.5 Å². The highest BCUT2D eigenvalue weighted by Crippen LogP contribution is 2.44. The molecule has 1 amide bonds. The molecule has 0 bridgehead atoms. The molecule has 1 unspecified atom stereocenters. The van der Waals surface area contributed by atoms with Gasteiger partial charge in [0.25, 0.3) is 5.91 Å². The van der Waals surface area contributed by atoms with Crippen molar-refractivity contribution in [2.45, 2.75) is 53.1 Å². The second-order valence-corrected chi connectivity index (χ2v) is 9.65. The first-order valence-corrected chi connectivity index (χ1v) is 12.2. The van der Waals surface area contributed by atoms with E-state index in [1.165, 1.54) is 19.2 Å². The zero-order valence-corrected chi connectivity index (χ0v) is 22.0. The van der Waals surface area contributed by atoms with Gasteiger partial charge in [0.2, 0.25) is 0 Å². The maximum absolute atomic E-state index is 12.6. The minimum absolute atomic E-state index is 0.0243. The van der Waals surface area contributed by atoms with E-state index in [1.807, 2.05) is 27.7 Å². The fourth-order valence-corrected chi connectivity index (χ4v) is 4.51. The molecule has 0 saturated heterocycles. The van der Waals surface area contributed by atoms with Gasteiger partial charge in [-0.1, -0.05) is 0 Å². The smallest absolute Gasteiger partial charge is 0.338 e. The maximum Gasteiger partial charge on any atom is 0.338 e. The molecule has 0 spiro atoms. The second-order valence-electron chi connectivity index (χ2n) is 9.65. The number of nitrogens with one attached hydrogen (secondary N) is 1. The molecule has 9 heteroatoms. The molecule has 2 aromatic carbocycles. The number of rotatable bonds is 7. The molecular formula is C29H30N2O7. The Balaban J connectivity index is 1.42. The van der Waals surface area contributed by atoms with Gasteiger partial charge in [-0.3, -0.25) is 14.6 Å². The summed E-state index contributed by atoms with van der Waals surface area (Å²) in [6.45, 7) is 9.54. The third-order valence-electron chi connectivity index (χ3n) is 6.76. The lowest BCUT2D eigenvalue weighted by Gasteiger charge is -2.37. The van der Waals surface area contributed by atoms with Crippen LogP contribution < -0.4 is 19.5 Å². The van der Waals surface area contributed by atoms with E-state index in [1.54, 1.807) is 24.3 Å². The summed E-state index contributed by atoms with van der Waals surface area (Å²) < 4.78 is 18.0. The maximum atomic E-state index is 12.6. The molecule has 9 nitrogen and oxygen atoms in total. The van der Waals surface area contributed by atoms with Gasteiger partial charge < -0.3 is 24.6 Å². The number of nitrogens with zero attached hydrogens (tertiary/aromatic N) is 1. The number of aromatic nitrogens is 1. The molecule has 2 heterocycles. The van der Waals surface area contributed by atoms with Gasteiger partial charge in [0.05, 0.1) is 11.1 Å². The van der Waals surface area contributed by atoms with Gasteiger partial charge in [-0.05, 0) is 87.6 Å². The number of benzene rings is 2. The Kier molecular flexibility index (Phi) is 7.39. The fourth-order valence-electron chi connectivity index (χ4n) is 4.51. The molecule has 0 fully saturated rings. The van der Waals surface area contributed by atoms with E-state index in [0.717, 1.165) is 47.0 Å². The van der Waals surface area contributed by atoms with Gasteiger partial charge in [-0.25, -0.2) is 4.79 Å². The zero-order chi connectivity index (χ0) is 27.6. The molecule has 0 radical (unpaired) electrons. The van der Waals surface area contributed by atoms with Gasteiger partial charge in [0.15, 0.2) is 0 Å². The molecule has 4 rings (SSSR count). The first kappa shape index (κ1) is 26.7. The molecular weight excluding hydrogens is 488 g/mol. The SMILES string of the molecule is CC(=O)Oc1c(C)c(C)c2c(c1C)CCC(C)(COc1ccc(NC(=O)c3ccncc3C(=O)O)cc1)O2. The van der Waals surface area contributed by atoms with Crippen molar-refractivity contribution in [3.8, 4) is 17.2 Å². The number of carboxylic acids is 1. The molecule has 3 aromatic rings. The molecule has 0 aliphatic carbocycles. The summed E-state index contributed by atoms with van der Waals surface area (Å²) in [6, 6.07) is 8.18. The lowest BCUT2D eigenvalue weighted by atomic mass is 9.87. The van der Waals surface area contributed by atoms with E-state index >= 15 is 0 Å². The van der Waals surface area contributed by atoms with Gasteiger partial charge >= 0.3 is 11.9 Å². The largest absolute Gasteiger partial charge is 0.489 e. The number of hydrogen-bond acceptors (Lipinski definition) is 7. The zero-order valence-electron chi connectivity index (χ0n) is 22.0. The van der Waals surface area contributed by atoms with E-state index in [-0.39, 0.29) is 17.1 Å². The Labute approximate surface area is 220 Å². The minimum Gasteiger partial charge on any atom is -0.489 e. The van der Waals surface area contributed by atoms with E-state index in [4.69, 9.17) is 14.2 Å². The minimum atomic E-state index is -1.22. The topological polar surface area (TPSA) is 124 Å². The first-order valence-electron chi connectivity index (χ1n) is 12.2. The van der Waals surface area contributed by atoms with Gasteiger partial charge in [0, 0.05) is 30.6 Å². The van der Waals surface area contributed by atoms with Crippen LogP contribution in [-0.4, -0.2) is 40.1 Å². The summed E-state index contributed by atoms with van der Waals surface area (Å²) in [6.07, 6.45) is 3.99. The van der Waals surface area contributed by atoms with Crippen LogP contribution in [0.5, 0.6) is 17.2 Å². The van der Waals surface area contributed by atoms with E-state index in [0.29, 0.717) is 23.8 Å². The molecule has 38 heavy (non-hydrogen) atoms. The molecule has 1 aliphatic heterocycles. The molecule has 2 N–H and O–H groups in total. The summed E-state index contributed by atoms with van der Waals surface area (Å²) in [5, 5.41) is 12.0. The summed E-state index contributed by atoms with van der Waals surface area (Å²) >= 11 is 0. The number of ether oxygens (including phenoxy) is 3. The van der Waals surface area contributed by atoms with Crippen LogP contribution >= 0.6 is 0 Å². The second kappa shape index (κ2) is 10.5. The van der Waals surface area contributed by atoms with Crippen LogP contribution in [0.25, 0.3) is 0 Å². The number of aromatic carboxylic acids is 1. The van der Waals surface area contributed by atoms with Crippen LogP contribution in [0.1, 0.15) is 63.2 Å². The normalized spacial score (nSPS) is 16.1. The highest BCUT2D eigenvalue weighted by atomic mass is 16.5. The van der Waals surface area contributed by atoms with Crippen molar-refractivity contribution >= 4 is 23.5 Å². The molecule has 0 saturated carbocycles. The summed E-state index contributed by atoms with van der Waals surface area (Å²) in [4.78, 5) is 39.3. The molecule has 1 aromatic heterocycles. The number of carboxylic acid groups (broad SMARTS) is 1. The Morgan fingerprint density at radius 3 is 2.42 bits per heavy atom. The summed E-state index contributed by atoms with van der Waals surface area (Å²) in [7, 11) is 0. The predicted molar refractivity (Wildman–Crippen MR) is 140 cm³/mol. The lowest BCUT2D eigenvalue weighted by Crippen LogP contribution is -2.42. The van der Waals surface area contributed by atoms with Crippen molar-refractivity contribution in [3.63, 3.8) is 0 Å². The van der Waals surface area contributed by atoms with E-state index in [2.05, 4.69) is 10.3 Å². The third kappa shape index (κ3) is 5.46. The Morgan fingerprint density at radius 2 is 1.76 bits per heavy atom. The quantitative estimate of drug-likeness (QED) is 0.329. The number of carbonyl (C=O) groups excluding carboxylic acids is 2. The number of anilines is 1. The lowest BCUT2D eigenvalue weighted by molar-refractivity contribution is -0.132. The Hall–Kier alpha value is -4.40. The van der Waals surface area contributed by atoms with Crippen molar-refractivity contribution in [1.29, 1.82) is 0 Å². The van der Waals surface area contributed by atoms with Crippen molar-refractivity contribution in [2.75, 3.05) is 11.9 Å². The highest BCUT2D eigenvalue weighted by molar-refractivity contribution is 6.10. The highest BCUT2D eigenvalue weighted by Gasteiger charge is 2.36. The van der Waals surface area contributed by atoms with Crippen LogP contribution in [0, 0.1) is 20.8 Å². The van der Waals surface area contributed by atoms with Crippen molar-refractivity contribution < 1.29 is 33.7 Å². The van der Waals surface area contributed by atoms with Crippen molar-refractivity contribution in [3.05, 3.63) is 76.1 Å². The van der Waals surface area contributed by atoms with Crippen LogP contribution in [0.4, 0.5) is 5.69 Å². The van der Waals surface area contributed by atoms with Gasteiger partial charge in [0.1, 0.15) is 29.5 Å². The number of amides is 1. The predicted octanol–water partition coefficient (Wildman–Crippen LogP) is 5.05. The van der Waals surface area contributed by atoms with E-state index < -0.39 is 17.5 Å².